The second-order valence-electron chi connectivity index (χ2n) is 6.86. The molecule has 138 valence electrons. The van der Waals surface area contributed by atoms with E-state index in [9.17, 15) is 4.79 Å². The van der Waals surface area contributed by atoms with Gasteiger partial charge in [-0.3, -0.25) is 9.79 Å². The normalized spacial score (nSPS) is 19.9. The molecule has 0 unspecified atom stereocenters. The maximum absolute atomic E-state index is 13.5. The van der Waals surface area contributed by atoms with E-state index >= 15 is 0 Å². The molecule has 0 saturated heterocycles. The van der Waals surface area contributed by atoms with E-state index in [4.69, 9.17) is 9.73 Å². The lowest BCUT2D eigenvalue weighted by atomic mass is 9.93. The molecule has 3 aromatic carbocycles. The molecule has 0 amide bonds. The summed E-state index contributed by atoms with van der Waals surface area (Å²) in [6, 6.07) is 24.0. The standard InChI is InChI=1S/C24H19NO2S/c1-2-27-19-13-7-5-11-17(19)24-21-22(15-9-3-4-10-16(15)23(21)26)25-18-12-6-8-14-20(18)28-24/h3-14,21,24H,2H2,1H3/t21-,24+/m0/s1. The van der Waals surface area contributed by atoms with Crippen LogP contribution >= 0.6 is 11.8 Å². The molecule has 0 radical (unpaired) electrons. The molecule has 3 nitrogen and oxygen atoms in total. The number of ketones is 1. The first-order valence-electron chi connectivity index (χ1n) is 9.47. The van der Waals surface area contributed by atoms with Gasteiger partial charge in [0.05, 0.1) is 29.2 Å². The van der Waals surface area contributed by atoms with Crippen molar-refractivity contribution in [3.63, 3.8) is 0 Å². The summed E-state index contributed by atoms with van der Waals surface area (Å²) in [5.74, 6) is 0.660. The van der Waals surface area contributed by atoms with Crippen molar-refractivity contribution in [3.05, 3.63) is 89.5 Å². The van der Waals surface area contributed by atoms with Crippen LogP contribution in [0.15, 0.2) is 82.7 Å². The smallest absolute Gasteiger partial charge is 0.174 e. The van der Waals surface area contributed by atoms with Crippen LogP contribution in [0, 0.1) is 5.92 Å². The number of rotatable bonds is 3. The number of carbonyl (C=O) groups excluding carboxylic acids is 1. The summed E-state index contributed by atoms with van der Waals surface area (Å²) in [4.78, 5) is 19.5. The van der Waals surface area contributed by atoms with E-state index in [-0.39, 0.29) is 17.0 Å². The van der Waals surface area contributed by atoms with Crippen molar-refractivity contribution in [3.8, 4) is 5.75 Å². The Bertz CT molecular complexity index is 1110. The van der Waals surface area contributed by atoms with Crippen LogP contribution in [0.2, 0.25) is 0 Å². The number of aliphatic imine (C=N–C) groups is 1. The number of ether oxygens (including phenoxy) is 1. The zero-order valence-corrected chi connectivity index (χ0v) is 16.3. The van der Waals surface area contributed by atoms with Gasteiger partial charge in [0.2, 0.25) is 0 Å². The number of fused-ring (bicyclic) bond motifs is 4. The number of carbonyl (C=O) groups is 1. The van der Waals surface area contributed by atoms with E-state index in [1.165, 1.54) is 0 Å². The molecule has 2 atom stereocenters. The quantitative estimate of drug-likeness (QED) is 0.566. The SMILES string of the molecule is CCOc1ccccc1[C@H]1Sc2ccccc2N=C2c3ccccc3C(=O)[C@H]21. The lowest BCUT2D eigenvalue weighted by Crippen LogP contribution is -2.22. The van der Waals surface area contributed by atoms with Crippen LogP contribution in [-0.4, -0.2) is 18.1 Å². The van der Waals surface area contributed by atoms with Crippen LogP contribution in [-0.2, 0) is 0 Å². The summed E-state index contributed by atoms with van der Waals surface area (Å²) in [6.07, 6.45) is 0. The fourth-order valence-corrected chi connectivity index (χ4v) is 5.40. The Balaban J connectivity index is 1.74. The molecule has 0 spiro atoms. The predicted molar refractivity (Wildman–Crippen MR) is 113 cm³/mol. The van der Waals surface area contributed by atoms with Crippen LogP contribution < -0.4 is 4.74 Å². The molecule has 2 aliphatic rings. The fourth-order valence-electron chi connectivity index (χ4n) is 4.02. The number of hydrogen-bond donors (Lipinski definition) is 0. The summed E-state index contributed by atoms with van der Waals surface area (Å²) >= 11 is 1.71. The third kappa shape index (κ3) is 2.68. The molecular formula is C24H19NO2S. The molecule has 0 bridgehead atoms. The molecule has 1 heterocycles. The summed E-state index contributed by atoms with van der Waals surface area (Å²) < 4.78 is 5.92. The highest BCUT2D eigenvalue weighted by Gasteiger charge is 2.44. The van der Waals surface area contributed by atoms with Gasteiger partial charge < -0.3 is 4.74 Å². The molecule has 3 aromatic rings. The summed E-state index contributed by atoms with van der Waals surface area (Å²) in [6.45, 7) is 2.57. The first-order chi connectivity index (χ1) is 13.8. The summed E-state index contributed by atoms with van der Waals surface area (Å²) in [5, 5.41) is -0.0925. The highest BCUT2D eigenvalue weighted by molar-refractivity contribution is 7.99. The van der Waals surface area contributed by atoms with Gasteiger partial charge in [0.15, 0.2) is 5.78 Å². The van der Waals surface area contributed by atoms with E-state index in [0.717, 1.165) is 38.7 Å². The molecule has 5 rings (SSSR count). The molecule has 0 fully saturated rings. The first kappa shape index (κ1) is 17.3. The van der Waals surface area contributed by atoms with Gasteiger partial charge in [0, 0.05) is 21.6 Å². The minimum absolute atomic E-state index is 0.0925. The zero-order valence-electron chi connectivity index (χ0n) is 15.5. The fraction of sp³-hybridized carbons (Fsp3) is 0.167. The molecule has 1 aliphatic carbocycles. The van der Waals surface area contributed by atoms with Crippen LogP contribution in [0.25, 0.3) is 0 Å². The number of para-hydroxylation sites is 2. The number of Topliss-reactive ketones (excluding diaryl/α,β-unsaturated/α-hetero) is 1. The van der Waals surface area contributed by atoms with Crippen molar-refractivity contribution in [1.29, 1.82) is 0 Å². The highest BCUT2D eigenvalue weighted by Crippen LogP contribution is 2.53. The van der Waals surface area contributed by atoms with Gasteiger partial charge in [-0.25, -0.2) is 0 Å². The van der Waals surface area contributed by atoms with Crippen LogP contribution in [0.1, 0.15) is 33.7 Å². The Hall–Kier alpha value is -2.85. The van der Waals surface area contributed by atoms with E-state index < -0.39 is 0 Å². The Morgan fingerprint density at radius 2 is 1.64 bits per heavy atom. The zero-order chi connectivity index (χ0) is 19.1. The molecule has 0 N–H and O–H groups in total. The molecule has 1 aliphatic heterocycles. The highest BCUT2D eigenvalue weighted by atomic mass is 32.2. The van der Waals surface area contributed by atoms with Gasteiger partial charge in [-0.15, -0.1) is 11.8 Å². The lowest BCUT2D eigenvalue weighted by molar-refractivity contribution is 0.0960. The van der Waals surface area contributed by atoms with Crippen LogP contribution in [0.4, 0.5) is 5.69 Å². The van der Waals surface area contributed by atoms with Crippen molar-refractivity contribution < 1.29 is 9.53 Å². The number of nitrogens with zero attached hydrogens (tertiary/aromatic N) is 1. The van der Waals surface area contributed by atoms with Gasteiger partial charge in [0.25, 0.3) is 0 Å². The number of benzene rings is 3. The summed E-state index contributed by atoms with van der Waals surface area (Å²) in [5.41, 5.74) is 4.56. The molecule has 0 saturated carbocycles. The Labute approximate surface area is 168 Å². The Morgan fingerprint density at radius 1 is 0.929 bits per heavy atom. The minimum atomic E-state index is -0.323. The number of thioether (sulfide) groups is 1. The van der Waals surface area contributed by atoms with Crippen molar-refractivity contribution in [2.75, 3.05) is 6.61 Å². The largest absolute Gasteiger partial charge is 0.494 e. The lowest BCUT2D eigenvalue weighted by Gasteiger charge is -2.23. The molecule has 0 aromatic heterocycles. The Morgan fingerprint density at radius 3 is 2.50 bits per heavy atom. The van der Waals surface area contributed by atoms with Crippen molar-refractivity contribution in [2.24, 2.45) is 10.9 Å². The summed E-state index contributed by atoms with van der Waals surface area (Å²) in [7, 11) is 0. The van der Waals surface area contributed by atoms with E-state index in [0.29, 0.717) is 6.61 Å². The molecule has 28 heavy (non-hydrogen) atoms. The van der Waals surface area contributed by atoms with E-state index in [1.54, 1.807) is 11.8 Å². The average molecular weight is 385 g/mol. The molecule has 4 heteroatoms. The predicted octanol–water partition coefficient (Wildman–Crippen LogP) is 5.87. The van der Waals surface area contributed by atoms with Crippen LogP contribution in [0.3, 0.4) is 0 Å². The van der Waals surface area contributed by atoms with Gasteiger partial charge >= 0.3 is 0 Å². The monoisotopic (exact) mass is 385 g/mol. The van der Waals surface area contributed by atoms with Gasteiger partial charge in [0.1, 0.15) is 5.75 Å². The Kier molecular flexibility index (Phi) is 4.29. The van der Waals surface area contributed by atoms with Gasteiger partial charge in [-0.05, 0) is 25.1 Å². The van der Waals surface area contributed by atoms with Gasteiger partial charge in [-0.1, -0.05) is 54.6 Å². The van der Waals surface area contributed by atoms with Crippen molar-refractivity contribution in [2.45, 2.75) is 17.1 Å². The van der Waals surface area contributed by atoms with Crippen LogP contribution in [0.5, 0.6) is 5.75 Å². The average Bonchev–Trinajstić information content (AvgIpc) is 2.90. The first-order valence-corrected chi connectivity index (χ1v) is 10.4. The third-order valence-electron chi connectivity index (χ3n) is 5.23. The minimum Gasteiger partial charge on any atom is -0.494 e. The van der Waals surface area contributed by atoms with E-state index in [2.05, 4.69) is 12.1 Å². The third-order valence-corrected chi connectivity index (χ3v) is 6.61. The maximum atomic E-state index is 13.5. The second kappa shape index (κ2) is 6.95. The van der Waals surface area contributed by atoms with Crippen molar-refractivity contribution in [1.82, 2.24) is 0 Å². The van der Waals surface area contributed by atoms with Crippen molar-refractivity contribution >= 4 is 28.9 Å². The number of hydrogen-bond acceptors (Lipinski definition) is 4. The van der Waals surface area contributed by atoms with Gasteiger partial charge in [-0.2, -0.15) is 0 Å². The molecular weight excluding hydrogens is 366 g/mol. The second-order valence-corrected chi connectivity index (χ2v) is 8.04. The maximum Gasteiger partial charge on any atom is 0.174 e. The van der Waals surface area contributed by atoms with E-state index in [1.807, 2.05) is 67.6 Å². The topological polar surface area (TPSA) is 38.7 Å².